The SMILES string of the molecule is CCCS(=O)(=O)NC(=O)C(N)CCOC. The van der Waals surface area contributed by atoms with Crippen LogP contribution in [0.25, 0.3) is 0 Å². The van der Waals surface area contributed by atoms with E-state index in [1.54, 1.807) is 6.92 Å². The molecular formula is C8H18N2O4S. The van der Waals surface area contributed by atoms with Crippen molar-refractivity contribution in [3.05, 3.63) is 0 Å². The molecule has 1 amide bonds. The van der Waals surface area contributed by atoms with Crippen molar-refractivity contribution in [3.63, 3.8) is 0 Å². The van der Waals surface area contributed by atoms with E-state index in [9.17, 15) is 13.2 Å². The number of nitrogens with one attached hydrogen (secondary N) is 1. The van der Waals surface area contributed by atoms with E-state index in [1.807, 2.05) is 4.72 Å². The van der Waals surface area contributed by atoms with Gasteiger partial charge in [-0.2, -0.15) is 0 Å². The molecule has 0 aromatic carbocycles. The van der Waals surface area contributed by atoms with Crippen LogP contribution in [0.3, 0.4) is 0 Å². The smallest absolute Gasteiger partial charge is 0.250 e. The summed E-state index contributed by atoms with van der Waals surface area (Å²) in [6.07, 6.45) is 0.750. The highest BCUT2D eigenvalue weighted by atomic mass is 32.2. The molecule has 90 valence electrons. The molecule has 0 spiro atoms. The molecule has 0 aromatic heterocycles. The van der Waals surface area contributed by atoms with Crippen molar-refractivity contribution in [1.82, 2.24) is 4.72 Å². The molecule has 0 saturated heterocycles. The first-order valence-corrected chi connectivity index (χ1v) is 6.37. The second-order valence-electron chi connectivity index (χ2n) is 3.17. The molecule has 0 rings (SSSR count). The van der Waals surface area contributed by atoms with Crippen molar-refractivity contribution in [2.45, 2.75) is 25.8 Å². The standard InChI is InChI=1S/C8H18N2O4S/c1-3-6-15(12,13)10-8(11)7(9)4-5-14-2/h7H,3-6,9H2,1-2H3,(H,10,11). The van der Waals surface area contributed by atoms with E-state index < -0.39 is 22.0 Å². The summed E-state index contributed by atoms with van der Waals surface area (Å²) in [4.78, 5) is 11.3. The van der Waals surface area contributed by atoms with Gasteiger partial charge in [0, 0.05) is 13.7 Å². The summed E-state index contributed by atoms with van der Waals surface area (Å²) in [5, 5.41) is 0. The van der Waals surface area contributed by atoms with Gasteiger partial charge in [-0.3, -0.25) is 9.52 Å². The summed E-state index contributed by atoms with van der Waals surface area (Å²) in [5.74, 6) is -0.754. The van der Waals surface area contributed by atoms with Gasteiger partial charge in [-0.1, -0.05) is 6.92 Å². The molecule has 15 heavy (non-hydrogen) atoms. The van der Waals surface area contributed by atoms with Crippen molar-refractivity contribution in [2.75, 3.05) is 19.5 Å². The van der Waals surface area contributed by atoms with E-state index in [4.69, 9.17) is 10.5 Å². The maximum Gasteiger partial charge on any atom is 0.250 e. The molecule has 7 heteroatoms. The average molecular weight is 238 g/mol. The van der Waals surface area contributed by atoms with Gasteiger partial charge in [0.05, 0.1) is 11.8 Å². The first-order valence-electron chi connectivity index (χ1n) is 4.71. The van der Waals surface area contributed by atoms with Gasteiger partial charge >= 0.3 is 0 Å². The predicted molar refractivity (Wildman–Crippen MR) is 56.7 cm³/mol. The molecule has 0 aliphatic heterocycles. The molecule has 0 aromatic rings. The third-order valence-electron chi connectivity index (χ3n) is 1.70. The second-order valence-corrected chi connectivity index (χ2v) is 5.02. The van der Waals surface area contributed by atoms with Gasteiger partial charge in [0.1, 0.15) is 0 Å². The summed E-state index contributed by atoms with van der Waals surface area (Å²) < 4.78 is 29.1. The number of ether oxygens (including phenoxy) is 1. The number of hydrogen-bond acceptors (Lipinski definition) is 5. The number of amides is 1. The van der Waals surface area contributed by atoms with Gasteiger partial charge in [-0.05, 0) is 12.8 Å². The quantitative estimate of drug-likeness (QED) is 0.605. The van der Waals surface area contributed by atoms with Gasteiger partial charge in [-0.25, -0.2) is 8.42 Å². The molecule has 0 saturated carbocycles. The Kier molecular flexibility index (Phi) is 6.46. The maximum atomic E-state index is 11.3. The largest absolute Gasteiger partial charge is 0.385 e. The minimum Gasteiger partial charge on any atom is -0.385 e. The Morgan fingerprint density at radius 1 is 1.53 bits per heavy atom. The number of hydrogen-bond donors (Lipinski definition) is 2. The van der Waals surface area contributed by atoms with Gasteiger partial charge in [0.25, 0.3) is 0 Å². The van der Waals surface area contributed by atoms with E-state index in [0.29, 0.717) is 19.4 Å². The van der Waals surface area contributed by atoms with Crippen molar-refractivity contribution >= 4 is 15.9 Å². The zero-order chi connectivity index (χ0) is 11.9. The monoisotopic (exact) mass is 238 g/mol. The molecule has 1 atom stereocenters. The number of carbonyl (C=O) groups is 1. The van der Waals surface area contributed by atoms with Crippen LogP contribution in [0.15, 0.2) is 0 Å². The average Bonchev–Trinajstić information content (AvgIpc) is 2.13. The highest BCUT2D eigenvalue weighted by Crippen LogP contribution is 1.93. The highest BCUT2D eigenvalue weighted by molar-refractivity contribution is 7.90. The van der Waals surface area contributed by atoms with Gasteiger partial charge < -0.3 is 10.5 Å². The molecule has 3 N–H and O–H groups in total. The van der Waals surface area contributed by atoms with Crippen LogP contribution in [0.2, 0.25) is 0 Å². The van der Waals surface area contributed by atoms with E-state index in [0.717, 1.165) is 0 Å². The lowest BCUT2D eigenvalue weighted by Crippen LogP contribution is -2.44. The Hall–Kier alpha value is -0.660. The minimum absolute atomic E-state index is 0.0737. The lowest BCUT2D eigenvalue weighted by Gasteiger charge is -2.11. The molecule has 0 bridgehead atoms. The fraction of sp³-hybridized carbons (Fsp3) is 0.875. The molecule has 0 radical (unpaired) electrons. The first kappa shape index (κ1) is 14.3. The Bertz CT molecular complexity index is 289. The molecule has 0 aliphatic carbocycles. The van der Waals surface area contributed by atoms with Crippen LogP contribution in [0.1, 0.15) is 19.8 Å². The molecular weight excluding hydrogens is 220 g/mol. The van der Waals surface area contributed by atoms with Crippen LogP contribution in [0.5, 0.6) is 0 Å². The normalized spacial score (nSPS) is 13.5. The van der Waals surface area contributed by atoms with Crippen LogP contribution in [-0.2, 0) is 19.6 Å². The Morgan fingerprint density at radius 3 is 2.60 bits per heavy atom. The zero-order valence-corrected chi connectivity index (χ0v) is 9.84. The van der Waals surface area contributed by atoms with Crippen molar-refractivity contribution < 1.29 is 17.9 Å². The van der Waals surface area contributed by atoms with Crippen LogP contribution in [-0.4, -0.2) is 39.8 Å². The summed E-state index contributed by atoms with van der Waals surface area (Å²) in [6.45, 7) is 2.04. The molecule has 0 aliphatic rings. The molecule has 0 fully saturated rings. The third-order valence-corrected chi connectivity index (χ3v) is 3.16. The van der Waals surface area contributed by atoms with Crippen LogP contribution in [0.4, 0.5) is 0 Å². The molecule has 0 heterocycles. The fourth-order valence-electron chi connectivity index (χ4n) is 0.925. The number of carbonyl (C=O) groups excluding carboxylic acids is 1. The second kappa shape index (κ2) is 6.76. The number of rotatable bonds is 7. The van der Waals surface area contributed by atoms with E-state index in [2.05, 4.69) is 0 Å². The Balaban J connectivity index is 4.12. The van der Waals surface area contributed by atoms with E-state index in [-0.39, 0.29) is 5.75 Å². The summed E-state index contributed by atoms with van der Waals surface area (Å²) in [7, 11) is -2.04. The van der Waals surface area contributed by atoms with Crippen LogP contribution in [0, 0.1) is 0 Å². The minimum atomic E-state index is -3.52. The Labute approximate surface area is 90.2 Å². The lowest BCUT2D eigenvalue weighted by atomic mass is 10.2. The highest BCUT2D eigenvalue weighted by Gasteiger charge is 2.19. The summed E-state index contributed by atoms with van der Waals surface area (Å²) >= 11 is 0. The first-order chi connectivity index (χ1) is 6.93. The van der Waals surface area contributed by atoms with Gasteiger partial charge in [0.2, 0.25) is 15.9 Å². The number of sulfonamides is 1. The van der Waals surface area contributed by atoms with Crippen LogP contribution >= 0.6 is 0 Å². The molecule has 1 unspecified atom stereocenters. The van der Waals surface area contributed by atoms with Gasteiger partial charge in [0.15, 0.2) is 0 Å². The number of nitrogens with two attached hydrogens (primary N) is 1. The predicted octanol–water partition coefficient (Wildman–Crippen LogP) is -0.794. The third kappa shape index (κ3) is 6.43. The summed E-state index contributed by atoms with van der Waals surface area (Å²) in [6, 6.07) is -0.850. The maximum absolute atomic E-state index is 11.3. The number of methoxy groups -OCH3 is 1. The van der Waals surface area contributed by atoms with Crippen molar-refractivity contribution in [1.29, 1.82) is 0 Å². The van der Waals surface area contributed by atoms with Crippen molar-refractivity contribution in [3.8, 4) is 0 Å². The van der Waals surface area contributed by atoms with Crippen LogP contribution < -0.4 is 10.5 Å². The Morgan fingerprint density at radius 2 is 2.13 bits per heavy atom. The van der Waals surface area contributed by atoms with Gasteiger partial charge in [-0.15, -0.1) is 0 Å². The lowest BCUT2D eigenvalue weighted by molar-refractivity contribution is -0.120. The zero-order valence-electron chi connectivity index (χ0n) is 9.02. The van der Waals surface area contributed by atoms with E-state index in [1.165, 1.54) is 7.11 Å². The summed E-state index contributed by atoms with van der Waals surface area (Å²) in [5.41, 5.74) is 5.45. The fourth-order valence-corrected chi connectivity index (χ4v) is 2.02. The molecule has 6 nitrogen and oxygen atoms in total. The van der Waals surface area contributed by atoms with Crippen molar-refractivity contribution in [2.24, 2.45) is 5.73 Å². The van der Waals surface area contributed by atoms with E-state index >= 15 is 0 Å². The topological polar surface area (TPSA) is 98.5 Å².